The zero-order valence-electron chi connectivity index (χ0n) is 8.36. The lowest BCUT2D eigenvalue weighted by atomic mass is 10.2. The first kappa shape index (κ1) is 10.6. The van der Waals surface area contributed by atoms with Gasteiger partial charge in [0.15, 0.2) is 0 Å². The highest BCUT2D eigenvalue weighted by Crippen LogP contribution is 2.12. The van der Waals surface area contributed by atoms with Crippen LogP contribution in [0.4, 0.5) is 5.69 Å². The first-order valence-electron chi connectivity index (χ1n) is 4.99. The topological polar surface area (TPSA) is 50.4 Å². The SMILES string of the molecule is O=C(CC1CNCCO1)Nc1ccsc1. The molecule has 4 nitrogen and oxygen atoms in total. The molecule has 1 aromatic heterocycles. The van der Waals surface area contributed by atoms with Gasteiger partial charge in [0.2, 0.25) is 5.91 Å². The van der Waals surface area contributed by atoms with Gasteiger partial charge in [-0.15, -0.1) is 0 Å². The minimum absolute atomic E-state index is 0.0115. The van der Waals surface area contributed by atoms with E-state index in [0.29, 0.717) is 13.0 Å². The number of hydrogen-bond acceptors (Lipinski definition) is 4. The molecule has 1 aliphatic heterocycles. The molecule has 1 unspecified atom stereocenters. The lowest BCUT2D eigenvalue weighted by molar-refractivity contribution is -0.119. The molecule has 0 aliphatic carbocycles. The van der Waals surface area contributed by atoms with Crippen molar-refractivity contribution in [2.75, 3.05) is 25.0 Å². The number of carbonyl (C=O) groups is 1. The summed E-state index contributed by atoms with van der Waals surface area (Å²) in [5.74, 6) is 0.0158. The molecular weight excluding hydrogens is 212 g/mol. The molecule has 5 heteroatoms. The second kappa shape index (κ2) is 5.25. The Balaban J connectivity index is 1.76. The van der Waals surface area contributed by atoms with Gasteiger partial charge in [-0.1, -0.05) is 0 Å². The van der Waals surface area contributed by atoms with E-state index in [0.717, 1.165) is 18.8 Å². The second-order valence-electron chi connectivity index (χ2n) is 3.46. The third-order valence-electron chi connectivity index (χ3n) is 2.22. The molecule has 0 aromatic carbocycles. The summed E-state index contributed by atoms with van der Waals surface area (Å²) in [6, 6.07) is 1.89. The Hall–Kier alpha value is -0.910. The fraction of sp³-hybridized carbons (Fsp3) is 0.500. The number of anilines is 1. The van der Waals surface area contributed by atoms with Crippen molar-refractivity contribution in [1.82, 2.24) is 5.32 Å². The molecular formula is C10H14N2O2S. The van der Waals surface area contributed by atoms with Crippen LogP contribution in [-0.4, -0.2) is 31.7 Å². The van der Waals surface area contributed by atoms with Gasteiger partial charge in [0.1, 0.15) is 0 Å². The summed E-state index contributed by atoms with van der Waals surface area (Å²) < 4.78 is 5.45. The highest BCUT2D eigenvalue weighted by molar-refractivity contribution is 7.08. The number of morpholine rings is 1. The van der Waals surface area contributed by atoms with Crippen LogP contribution in [0.2, 0.25) is 0 Å². The minimum atomic E-state index is 0.0115. The van der Waals surface area contributed by atoms with E-state index in [1.54, 1.807) is 11.3 Å². The van der Waals surface area contributed by atoms with Crippen LogP contribution in [0, 0.1) is 0 Å². The van der Waals surface area contributed by atoms with Gasteiger partial charge in [-0.05, 0) is 11.4 Å². The monoisotopic (exact) mass is 226 g/mol. The maximum atomic E-state index is 11.6. The first-order chi connectivity index (χ1) is 7.34. The Morgan fingerprint density at radius 2 is 2.67 bits per heavy atom. The highest BCUT2D eigenvalue weighted by Gasteiger charge is 2.17. The number of rotatable bonds is 3. The Labute approximate surface area is 92.6 Å². The smallest absolute Gasteiger partial charge is 0.227 e. The summed E-state index contributed by atoms with van der Waals surface area (Å²) in [6.45, 7) is 2.33. The number of carbonyl (C=O) groups excluding carboxylic acids is 1. The summed E-state index contributed by atoms with van der Waals surface area (Å²) in [5, 5.41) is 9.88. The lowest BCUT2D eigenvalue weighted by Crippen LogP contribution is -2.40. The number of ether oxygens (including phenoxy) is 1. The van der Waals surface area contributed by atoms with Crippen molar-refractivity contribution in [3.63, 3.8) is 0 Å². The molecule has 1 amide bonds. The van der Waals surface area contributed by atoms with Crippen LogP contribution < -0.4 is 10.6 Å². The molecule has 1 aromatic rings. The maximum absolute atomic E-state index is 11.6. The Kier molecular flexibility index (Phi) is 3.71. The molecule has 0 saturated carbocycles. The van der Waals surface area contributed by atoms with E-state index in [1.165, 1.54) is 0 Å². The minimum Gasteiger partial charge on any atom is -0.375 e. The van der Waals surface area contributed by atoms with Gasteiger partial charge in [0.25, 0.3) is 0 Å². The average molecular weight is 226 g/mol. The fourth-order valence-corrected chi connectivity index (χ4v) is 2.09. The van der Waals surface area contributed by atoms with E-state index in [-0.39, 0.29) is 12.0 Å². The van der Waals surface area contributed by atoms with Gasteiger partial charge in [0.05, 0.1) is 24.8 Å². The van der Waals surface area contributed by atoms with Crippen LogP contribution in [0.25, 0.3) is 0 Å². The van der Waals surface area contributed by atoms with Gasteiger partial charge >= 0.3 is 0 Å². The standard InChI is InChI=1S/C10H14N2O2S/c13-10(12-8-1-4-15-7-8)5-9-6-11-2-3-14-9/h1,4,7,9,11H,2-3,5-6H2,(H,12,13). The number of nitrogens with one attached hydrogen (secondary N) is 2. The van der Waals surface area contributed by atoms with E-state index in [4.69, 9.17) is 4.74 Å². The van der Waals surface area contributed by atoms with E-state index >= 15 is 0 Å². The quantitative estimate of drug-likeness (QED) is 0.810. The molecule has 2 N–H and O–H groups in total. The number of thiophene rings is 1. The van der Waals surface area contributed by atoms with Crippen molar-refractivity contribution in [1.29, 1.82) is 0 Å². The predicted octanol–water partition coefficient (Wildman–Crippen LogP) is 1.07. The molecule has 82 valence electrons. The molecule has 1 atom stereocenters. The lowest BCUT2D eigenvalue weighted by Gasteiger charge is -2.22. The maximum Gasteiger partial charge on any atom is 0.227 e. The summed E-state index contributed by atoms with van der Waals surface area (Å²) in [6.07, 6.45) is 0.431. The normalized spacial score (nSPS) is 21.2. The van der Waals surface area contributed by atoms with Crippen molar-refractivity contribution in [3.8, 4) is 0 Å². The zero-order valence-corrected chi connectivity index (χ0v) is 9.18. The van der Waals surface area contributed by atoms with Crippen LogP contribution in [0.5, 0.6) is 0 Å². The average Bonchev–Trinajstić information content (AvgIpc) is 2.71. The molecule has 2 heterocycles. The Bertz CT molecular complexity index is 307. The van der Waals surface area contributed by atoms with Crippen LogP contribution in [0.15, 0.2) is 16.8 Å². The van der Waals surface area contributed by atoms with Gasteiger partial charge in [-0.2, -0.15) is 11.3 Å². The zero-order chi connectivity index (χ0) is 10.5. The van der Waals surface area contributed by atoms with E-state index in [2.05, 4.69) is 10.6 Å². The predicted molar refractivity (Wildman–Crippen MR) is 60.2 cm³/mol. The van der Waals surface area contributed by atoms with Crippen LogP contribution in [0.1, 0.15) is 6.42 Å². The molecule has 0 bridgehead atoms. The van der Waals surface area contributed by atoms with Crippen LogP contribution in [-0.2, 0) is 9.53 Å². The molecule has 15 heavy (non-hydrogen) atoms. The molecule has 1 saturated heterocycles. The molecule has 2 rings (SSSR count). The molecule has 1 fully saturated rings. The summed E-state index contributed by atoms with van der Waals surface area (Å²) >= 11 is 1.57. The fourth-order valence-electron chi connectivity index (χ4n) is 1.51. The molecule has 0 spiro atoms. The Morgan fingerprint density at radius 3 is 3.33 bits per heavy atom. The third kappa shape index (κ3) is 3.30. The summed E-state index contributed by atoms with van der Waals surface area (Å²) in [7, 11) is 0. The van der Waals surface area contributed by atoms with Gasteiger partial charge in [-0.25, -0.2) is 0 Å². The van der Waals surface area contributed by atoms with E-state index in [1.807, 2.05) is 16.8 Å². The van der Waals surface area contributed by atoms with Crippen LogP contribution in [0.3, 0.4) is 0 Å². The second-order valence-corrected chi connectivity index (χ2v) is 4.24. The van der Waals surface area contributed by atoms with Crippen LogP contribution >= 0.6 is 11.3 Å². The van der Waals surface area contributed by atoms with Crippen molar-refractivity contribution < 1.29 is 9.53 Å². The van der Waals surface area contributed by atoms with Gasteiger partial charge in [-0.3, -0.25) is 4.79 Å². The van der Waals surface area contributed by atoms with Gasteiger partial charge < -0.3 is 15.4 Å². The van der Waals surface area contributed by atoms with Crippen molar-refractivity contribution in [3.05, 3.63) is 16.8 Å². The summed E-state index contributed by atoms with van der Waals surface area (Å²) in [4.78, 5) is 11.6. The van der Waals surface area contributed by atoms with Crippen molar-refractivity contribution in [2.45, 2.75) is 12.5 Å². The van der Waals surface area contributed by atoms with Crippen molar-refractivity contribution in [2.24, 2.45) is 0 Å². The van der Waals surface area contributed by atoms with Gasteiger partial charge in [0, 0.05) is 18.5 Å². The van der Waals surface area contributed by atoms with Crippen molar-refractivity contribution >= 4 is 22.9 Å². The number of amides is 1. The summed E-state index contributed by atoms with van der Waals surface area (Å²) in [5.41, 5.74) is 0.869. The van der Waals surface area contributed by atoms with E-state index in [9.17, 15) is 4.79 Å². The number of hydrogen-bond donors (Lipinski definition) is 2. The molecule has 1 aliphatic rings. The largest absolute Gasteiger partial charge is 0.375 e. The third-order valence-corrected chi connectivity index (χ3v) is 2.91. The molecule has 0 radical (unpaired) electrons. The first-order valence-corrected chi connectivity index (χ1v) is 5.93. The highest BCUT2D eigenvalue weighted by atomic mass is 32.1. The van der Waals surface area contributed by atoms with E-state index < -0.39 is 0 Å². The Morgan fingerprint density at radius 1 is 1.73 bits per heavy atom.